The minimum Gasteiger partial charge on any atom is -0.388 e. The second kappa shape index (κ2) is 8.15. The SMILES string of the molecule is CC(=O)NCCCN1CCCC1CC(O)c1ccccc1. The Bertz CT molecular complexity index is 436. The molecule has 2 N–H and O–H groups in total. The van der Waals surface area contributed by atoms with Gasteiger partial charge in [-0.15, -0.1) is 0 Å². The second-order valence-electron chi connectivity index (χ2n) is 5.83. The van der Waals surface area contributed by atoms with Crippen molar-refractivity contribution in [1.82, 2.24) is 10.2 Å². The van der Waals surface area contributed by atoms with Crippen molar-refractivity contribution in [1.29, 1.82) is 0 Å². The summed E-state index contributed by atoms with van der Waals surface area (Å²) in [6.45, 7) is 4.38. The van der Waals surface area contributed by atoms with E-state index >= 15 is 0 Å². The lowest BCUT2D eigenvalue weighted by molar-refractivity contribution is -0.118. The average Bonchev–Trinajstić information content (AvgIpc) is 2.91. The van der Waals surface area contributed by atoms with Crippen molar-refractivity contribution in [3.63, 3.8) is 0 Å². The number of nitrogens with zero attached hydrogens (tertiary/aromatic N) is 1. The molecule has 1 aromatic carbocycles. The van der Waals surface area contributed by atoms with Crippen molar-refractivity contribution in [3.8, 4) is 0 Å². The van der Waals surface area contributed by atoms with Gasteiger partial charge in [-0.05, 0) is 37.8 Å². The molecule has 2 unspecified atom stereocenters. The minimum atomic E-state index is -0.382. The molecule has 1 aliphatic rings. The zero-order chi connectivity index (χ0) is 15.1. The number of carbonyl (C=O) groups excluding carboxylic acids is 1. The molecular weight excluding hydrogens is 264 g/mol. The standard InChI is InChI=1S/C17H26N2O2/c1-14(20)18-10-6-12-19-11-5-9-16(19)13-17(21)15-7-3-2-4-8-15/h2-4,7-8,16-17,21H,5-6,9-13H2,1H3,(H,18,20). The topological polar surface area (TPSA) is 52.6 Å². The van der Waals surface area contributed by atoms with Crippen molar-refractivity contribution in [3.05, 3.63) is 35.9 Å². The molecule has 2 atom stereocenters. The van der Waals surface area contributed by atoms with Crippen LogP contribution in [0.1, 0.15) is 44.3 Å². The van der Waals surface area contributed by atoms with Crippen molar-refractivity contribution in [2.75, 3.05) is 19.6 Å². The normalized spacial score (nSPS) is 20.4. The molecule has 116 valence electrons. The van der Waals surface area contributed by atoms with Crippen LogP contribution in [-0.4, -0.2) is 41.6 Å². The van der Waals surface area contributed by atoms with Crippen LogP contribution in [0.15, 0.2) is 30.3 Å². The first-order chi connectivity index (χ1) is 10.2. The number of nitrogens with one attached hydrogen (secondary N) is 1. The van der Waals surface area contributed by atoms with Crippen LogP contribution in [-0.2, 0) is 4.79 Å². The molecule has 1 fully saturated rings. The number of hydrogen-bond donors (Lipinski definition) is 2. The molecule has 0 radical (unpaired) electrons. The lowest BCUT2D eigenvalue weighted by Gasteiger charge is -2.26. The smallest absolute Gasteiger partial charge is 0.216 e. The summed E-state index contributed by atoms with van der Waals surface area (Å²) in [6, 6.07) is 10.3. The maximum atomic E-state index is 10.8. The summed E-state index contributed by atoms with van der Waals surface area (Å²) in [5.41, 5.74) is 1.00. The number of rotatable bonds is 7. The largest absolute Gasteiger partial charge is 0.388 e. The number of carbonyl (C=O) groups is 1. The van der Waals surface area contributed by atoms with Gasteiger partial charge in [0.1, 0.15) is 0 Å². The molecular formula is C17H26N2O2. The molecule has 4 nitrogen and oxygen atoms in total. The Morgan fingerprint density at radius 2 is 2.19 bits per heavy atom. The molecule has 0 saturated carbocycles. The predicted octanol–water partition coefficient (Wildman–Crippen LogP) is 2.10. The van der Waals surface area contributed by atoms with E-state index in [2.05, 4.69) is 10.2 Å². The molecule has 1 heterocycles. The first-order valence-electron chi connectivity index (χ1n) is 7.88. The van der Waals surface area contributed by atoms with Crippen LogP contribution < -0.4 is 5.32 Å². The van der Waals surface area contributed by atoms with Crippen LogP contribution in [0.4, 0.5) is 0 Å². The third kappa shape index (κ3) is 5.14. The van der Waals surface area contributed by atoms with Gasteiger partial charge in [-0.25, -0.2) is 0 Å². The summed E-state index contributed by atoms with van der Waals surface area (Å²) >= 11 is 0. The highest BCUT2D eigenvalue weighted by Gasteiger charge is 2.26. The Hall–Kier alpha value is -1.39. The van der Waals surface area contributed by atoms with Gasteiger partial charge in [0.05, 0.1) is 6.10 Å². The van der Waals surface area contributed by atoms with Gasteiger partial charge in [-0.2, -0.15) is 0 Å². The number of likely N-dealkylation sites (tertiary alicyclic amines) is 1. The van der Waals surface area contributed by atoms with Gasteiger partial charge in [0.25, 0.3) is 0 Å². The molecule has 0 aliphatic carbocycles. The highest BCUT2D eigenvalue weighted by molar-refractivity contribution is 5.72. The lowest BCUT2D eigenvalue weighted by Crippen LogP contribution is -2.33. The fourth-order valence-electron chi connectivity index (χ4n) is 3.07. The van der Waals surface area contributed by atoms with E-state index in [-0.39, 0.29) is 12.0 Å². The van der Waals surface area contributed by atoms with Crippen LogP contribution in [0.25, 0.3) is 0 Å². The van der Waals surface area contributed by atoms with Gasteiger partial charge in [0, 0.05) is 26.1 Å². The Morgan fingerprint density at radius 3 is 2.90 bits per heavy atom. The van der Waals surface area contributed by atoms with Gasteiger partial charge >= 0.3 is 0 Å². The molecule has 0 spiro atoms. The van der Waals surface area contributed by atoms with E-state index in [0.717, 1.165) is 44.5 Å². The van der Waals surface area contributed by atoms with Crippen molar-refractivity contribution in [2.45, 2.75) is 44.8 Å². The maximum Gasteiger partial charge on any atom is 0.216 e. The zero-order valence-electron chi connectivity index (χ0n) is 12.8. The number of amides is 1. The molecule has 1 aliphatic heterocycles. The molecule has 0 aromatic heterocycles. The van der Waals surface area contributed by atoms with Crippen LogP contribution in [0, 0.1) is 0 Å². The molecule has 0 bridgehead atoms. The third-order valence-corrected chi connectivity index (χ3v) is 4.17. The summed E-state index contributed by atoms with van der Waals surface area (Å²) in [4.78, 5) is 13.3. The van der Waals surface area contributed by atoms with Gasteiger partial charge in [-0.3, -0.25) is 4.79 Å². The minimum absolute atomic E-state index is 0.0347. The number of aliphatic hydroxyl groups is 1. The molecule has 4 heteroatoms. The Kier molecular flexibility index (Phi) is 6.21. The van der Waals surface area contributed by atoms with Gasteiger partial charge < -0.3 is 15.3 Å². The fraction of sp³-hybridized carbons (Fsp3) is 0.588. The first-order valence-corrected chi connectivity index (χ1v) is 7.88. The van der Waals surface area contributed by atoms with E-state index < -0.39 is 0 Å². The molecule has 1 aromatic rings. The van der Waals surface area contributed by atoms with E-state index in [0.29, 0.717) is 6.04 Å². The van der Waals surface area contributed by atoms with E-state index in [1.807, 2.05) is 30.3 Å². The zero-order valence-corrected chi connectivity index (χ0v) is 12.8. The third-order valence-electron chi connectivity index (χ3n) is 4.17. The summed E-state index contributed by atoms with van der Waals surface area (Å²) in [7, 11) is 0. The van der Waals surface area contributed by atoms with Gasteiger partial charge in [0.2, 0.25) is 5.91 Å². The lowest BCUT2D eigenvalue weighted by atomic mass is 10.0. The van der Waals surface area contributed by atoms with Crippen LogP contribution in [0.5, 0.6) is 0 Å². The molecule has 2 rings (SSSR count). The maximum absolute atomic E-state index is 10.8. The molecule has 1 saturated heterocycles. The van der Waals surface area contributed by atoms with Crippen molar-refractivity contribution < 1.29 is 9.90 Å². The quantitative estimate of drug-likeness (QED) is 0.756. The van der Waals surface area contributed by atoms with Crippen molar-refractivity contribution >= 4 is 5.91 Å². The first kappa shape index (κ1) is 16.0. The van der Waals surface area contributed by atoms with Crippen molar-refractivity contribution in [2.24, 2.45) is 0 Å². The number of aliphatic hydroxyl groups excluding tert-OH is 1. The monoisotopic (exact) mass is 290 g/mol. The predicted molar refractivity (Wildman–Crippen MR) is 83.9 cm³/mol. The van der Waals surface area contributed by atoms with E-state index in [4.69, 9.17) is 0 Å². The van der Waals surface area contributed by atoms with Gasteiger partial charge in [0.15, 0.2) is 0 Å². The van der Waals surface area contributed by atoms with Gasteiger partial charge in [-0.1, -0.05) is 30.3 Å². The van der Waals surface area contributed by atoms with Crippen LogP contribution in [0.3, 0.4) is 0 Å². The molecule has 21 heavy (non-hydrogen) atoms. The average molecular weight is 290 g/mol. The Morgan fingerprint density at radius 1 is 1.43 bits per heavy atom. The van der Waals surface area contributed by atoms with E-state index in [1.54, 1.807) is 6.92 Å². The van der Waals surface area contributed by atoms with Crippen LogP contribution >= 0.6 is 0 Å². The highest BCUT2D eigenvalue weighted by atomic mass is 16.3. The second-order valence-corrected chi connectivity index (χ2v) is 5.83. The van der Waals surface area contributed by atoms with E-state index in [9.17, 15) is 9.90 Å². The Labute approximate surface area is 127 Å². The fourth-order valence-corrected chi connectivity index (χ4v) is 3.07. The summed E-state index contributed by atoms with van der Waals surface area (Å²) in [5, 5.41) is 13.2. The summed E-state index contributed by atoms with van der Waals surface area (Å²) < 4.78 is 0. The Balaban J connectivity index is 1.77. The summed E-state index contributed by atoms with van der Waals surface area (Å²) in [5.74, 6) is 0.0347. The number of benzene rings is 1. The molecule has 1 amide bonds. The number of hydrogen-bond acceptors (Lipinski definition) is 3. The highest BCUT2D eigenvalue weighted by Crippen LogP contribution is 2.27. The van der Waals surface area contributed by atoms with E-state index in [1.165, 1.54) is 6.42 Å². The summed E-state index contributed by atoms with van der Waals surface area (Å²) in [6.07, 6.45) is 3.74. The van der Waals surface area contributed by atoms with Crippen LogP contribution in [0.2, 0.25) is 0 Å².